The van der Waals surface area contributed by atoms with Crippen molar-refractivity contribution in [1.29, 1.82) is 0 Å². The third kappa shape index (κ3) is 9.53. The van der Waals surface area contributed by atoms with Crippen molar-refractivity contribution in [2.75, 3.05) is 6.54 Å². The number of carboxylic acids is 1. The lowest BCUT2D eigenvalue weighted by Gasteiger charge is -2.18. The minimum absolute atomic E-state index is 0.144. The molecule has 5 nitrogen and oxygen atoms in total. The normalized spacial score (nSPS) is 13.6. The van der Waals surface area contributed by atoms with Gasteiger partial charge in [-0.15, -0.1) is 0 Å². The van der Waals surface area contributed by atoms with Crippen molar-refractivity contribution in [3.8, 4) is 0 Å². The third-order valence-electron chi connectivity index (χ3n) is 3.33. The molecule has 0 aromatic carbocycles. The molecule has 0 aliphatic carbocycles. The van der Waals surface area contributed by atoms with E-state index in [0.717, 1.165) is 25.7 Å². The van der Waals surface area contributed by atoms with Crippen LogP contribution in [0.4, 0.5) is 0 Å². The molecule has 2 atom stereocenters. The van der Waals surface area contributed by atoms with Crippen LogP contribution in [0.3, 0.4) is 0 Å². The standard InChI is InChI=1S/C15H27NO4/c1-4-6-13(8-5-7-12(3)17)10-16-15(20)11(2)9-14(18)19/h11,13H,4-10H2,1-3H3,(H,16,20)(H,18,19). The Bertz CT molecular complexity index is 328. The molecule has 2 N–H and O–H groups in total. The van der Waals surface area contributed by atoms with Gasteiger partial charge in [-0.2, -0.15) is 0 Å². The largest absolute Gasteiger partial charge is 0.481 e. The predicted octanol–water partition coefficient (Wildman–Crippen LogP) is 2.39. The van der Waals surface area contributed by atoms with Crippen LogP contribution >= 0.6 is 0 Å². The third-order valence-corrected chi connectivity index (χ3v) is 3.33. The zero-order chi connectivity index (χ0) is 15.5. The fourth-order valence-corrected chi connectivity index (χ4v) is 2.17. The van der Waals surface area contributed by atoms with E-state index >= 15 is 0 Å². The van der Waals surface area contributed by atoms with Gasteiger partial charge >= 0.3 is 5.97 Å². The Kier molecular flexibility index (Phi) is 9.68. The summed E-state index contributed by atoms with van der Waals surface area (Å²) in [7, 11) is 0. The van der Waals surface area contributed by atoms with E-state index in [1.54, 1.807) is 13.8 Å². The van der Waals surface area contributed by atoms with Gasteiger partial charge in [-0.05, 0) is 32.1 Å². The fourth-order valence-electron chi connectivity index (χ4n) is 2.17. The summed E-state index contributed by atoms with van der Waals surface area (Å²) in [6.45, 7) is 5.86. The average Bonchev–Trinajstić information content (AvgIpc) is 2.34. The van der Waals surface area contributed by atoms with Crippen LogP contribution in [0.15, 0.2) is 0 Å². The van der Waals surface area contributed by atoms with Crippen LogP contribution in [-0.4, -0.2) is 29.3 Å². The quantitative estimate of drug-likeness (QED) is 0.610. The number of nitrogens with one attached hydrogen (secondary N) is 1. The van der Waals surface area contributed by atoms with Gasteiger partial charge in [0.05, 0.1) is 6.42 Å². The Morgan fingerprint density at radius 3 is 2.35 bits per heavy atom. The smallest absolute Gasteiger partial charge is 0.304 e. The molecule has 0 bridgehead atoms. The molecule has 116 valence electrons. The lowest BCUT2D eigenvalue weighted by molar-refractivity contribution is -0.140. The van der Waals surface area contributed by atoms with Gasteiger partial charge in [-0.1, -0.05) is 20.3 Å². The molecule has 0 fully saturated rings. The molecule has 0 saturated heterocycles. The van der Waals surface area contributed by atoms with Gasteiger partial charge in [-0.25, -0.2) is 0 Å². The second-order valence-electron chi connectivity index (χ2n) is 5.49. The van der Waals surface area contributed by atoms with Gasteiger partial charge in [0.15, 0.2) is 0 Å². The average molecular weight is 285 g/mol. The number of ketones is 1. The van der Waals surface area contributed by atoms with E-state index in [9.17, 15) is 14.4 Å². The lowest BCUT2D eigenvalue weighted by atomic mass is 9.96. The Morgan fingerprint density at radius 1 is 1.20 bits per heavy atom. The van der Waals surface area contributed by atoms with E-state index in [1.807, 2.05) is 0 Å². The molecule has 0 aliphatic rings. The summed E-state index contributed by atoms with van der Waals surface area (Å²) in [5.74, 6) is -1.12. The molecule has 2 unspecified atom stereocenters. The predicted molar refractivity (Wildman–Crippen MR) is 77.4 cm³/mol. The molecule has 1 amide bonds. The van der Waals surface area contributed by atoms with Gasteiger partial charge in [-0.3, -0.25) is 9.59 Å². The zero-order valence-corrected chi connectivity index (χ0v) is 12.8. The SMILES string of the molecule is CCCC(CCCC(C)=O)CNC(=O)C(C)CC(=O)O. The maximum absolute atomic E-state index is 11.7. The topological polar surface area (TPSA) is 83.5 Å². The first-order valence-corrected chi connectivity index (χ1v) is 7.35. The molecule has 0 aromatic rings. The number of aliphatic carboxylic acids is 1. The van der Waals surface area contributed by atoms with Crippen molar-refractivity contribution >= 4 is 17.7 Å². The monoisotopic (exact) mass is 285 g/mol. The van der Waals surface area contributed by atoms with Gasteiger partial charge in [0.25, 0.3) is 0 Å². The molecule has 0 heterocycles. The molecule has 20 heavy (non-hydrogen) atoms. The Hall–Kier alpha value is -1.39. The van der Waals surface area contributed by atoms with E-state index in [2.05, 4.69) is 12.2 Å². The lowest BCUT2D eigenvalue weighted by Crippen LogP contribution is -2.34. The first-order valence-electron chi connectivity index (χ1n) is 7.35. The Labute approximate surface area is 121 Å². The zero-order valence-electron chi connectivity index (χ0n) is 12.8. The summed E-state index contributed by atoms with van der Waals surface area (Å²) >= 11 is 0. The fraction of sp³-hybridized carbons (Fsp3) is 0.800. The summed E-state index contributed by atoms with van der Waals surface area (Å²) in [5, 5.41) is 11.5. The minimum atomic E-state index is -0.959. The van der Waals surface area contributed by atoms with Gasteiger partial charge in [0, 0.05) is 18.9 Å². The summed E-state index contributed by atoms with van der Waals surface area (Å²) in [6, 6.07) is 0. The molecule has 5 heteroatoms. The number of carboxylic acid groups (broad SMARTS) is 1. The molecule has 0 rings (SSSR count). The van der Waals surface area contributed by atoms with Crippen molar-refractivity contribution < 1.29 is 19.5 Å². The van der Waals surface area contributed by atoms with Crippen molar-refractivity contribution in [3.63, 3.8) is 0 Å². The van der Waals surface area contributed by atoms with Crippen molar-refractivity contribution in [3.05, 3.63) is 0 Å². The number of hydrogen-bond donors (Lipinski definition) is 2. The number of amides is 1. The second kappa shape index (κ2) is 10.4. The number of rotatable bonds is 11. The number of hydrogen-bond acceptors (Lipinski definition) is 3. The number of carbonyl (C=O) groups excluding carboxylic acids is 2. The molecular weight excluding hydrogens is 258 g/mol. The first kappa shape index (κ1) is 18.6. The van der Waals surface area contributed by atoms with Crippen molar-refractivity contribution in [2.45, 2.75) is 59.3 Å². The van der Waals surface area contributed by atoms with Crippen molar-refractivity contribution in [2.24, 2.45) is 11.8 Å². The highest BCUT2D eigenvalue weighted by Gasteiger charge is 2.17. The highest BCUT2D eigenvalue weighted by atomic mass is 16.4. The van der Waals surface area contributed by atoms with E-state index in [0.29, 0.717) is 18.9 Å². The Balaban J connectivity index is 4.08. The molecule has 0 spiro atoms. The summed E-state index contributed by atoms with van der Waals surface area (Å²) in [6.07, 6.45) is 4.25. The highest BCUT2D eigenvalue weighted by molar-refractivity contribution is 5.82. The van der Waals surface area contributed by atoms with E-state index < -0.39 is 11.9 Å². The molecule has 0 aromatic heterocycles. The number of Topliss-reactive ketones (excluding diaryl/α,β-unsaturated/α-hetero) is 1. The van der Waals surface area contributed by atoms with E-state index in [4.69, 9.17) is 5.11 Å². The molecule has 0 saturated carbocycles. The van der Waals surface area contributed by atoms with Crippen LogP contribution in [0, 0.1) is 11.8 Å². The van der Waals surface area contributed by atoms with Crippen molar-refractivity contribution in [1.82, 2.24) is 5.32 Å². The highest BCUT2D eigenvalue weighted by Crippen LogP contribution is 2.14. The van der Waals surface area contributed by atoms with Crippen LogP contribution in [0.25, 0.3) is 0 Å². The molecular formula is C15H27NO4. The number of carbonyl (C=O) groups is 3. The summed E-state index contributed by atoms with van der Waals surface area (Å²) in [5.41, 5.74) is 0. The first-order chi connectivity index (χ1) is 9.36. The van der Waals surface area contributed by atoms with Gasteiger partial charge in [0.1, 0.15) is 5.78 Å². The van der Waals surface area contributed by atoms with Crippen LogP contribution in [-0.2, 0) is 14.4 Å². The molecule has 0 radical (unpaired) electrons. The second-order valence-corrected chi connectivity index (χ2v) is 5.49. The maximum atomic E-state index is 11.7. The van der Waals surface area contributed by atoms with Crippen LogP contribution in [0.1, 0.15) is 59.3 Å². The van der Waals surface area contributed by atoms with Crippen LogP contribution in [0.5, 0.6) is 0 Å². The van der Waals surface area contributed by atoms with E-state index in [-0.39, 0.29) is 18.1 Å². The summed E-state index contributed by atoms with van der Waals surface area (Å²) < 4.78 is 0. The van der Waals surface area contributed by atoms with Crippen LogP contribution in [0.2, 0.25) is 0 Å². The Morgan fingerprint density at radius 2 is 1.85 bits per heavy atom. The van der Waals surface area contributed by atoms with E-state index in [1.165, 1.54) is 0 Å². The van der Waals surface area contributed by atoms with Crippen LogP contribution < -0.4 is 5.32 Å². The molecule has 0 aliphatic heterocycles. The van der Waals surface area contributed by atoms with Gasteiger partial charge < -0.3 is 15.2 Å². The summed E-state index contributed by atoms with van der Waals surface area (Å²) in [4.78, 5) is 33.2. The van der Waals surface area contributed by atoms with Gasteiger partial charge in [0.2, 0.25) is 5.91 Å². The maximum Gasteiger partial charge on any atom is 0.304 e. The minimum Gasteiger partial charge on any atom is -0.481 e.